The third kappa shape index (κ3) is 3.35. The Morgan fingerprint density at radius 3 is 2.65 bits per heavy atom. The number of rotatable bonds is 7. The van der Waals surface area contributed by atoms with Gasteiger partial charge in [0.25, 0.3) is 5.91 Å². The summed E-state index contributed by atoms with van der Waals surface area (Å²) < 4.78 is 7.00. The average Bonchev–Trinajstić information content (AvgIpc) is 2.91. The molecule has 1 aromatic carbocycles. The molecule has 0 aliphatic carbocycles. The van der Waals surface area contributed by atoms with Gasteiger partial charge in [0.15, 0.2) is 5.65 Å². The Morgan fingerprint density at radius 1 is 1.31 bits per heavy atom. The molecule has 7 heteroatoms. The number of benzene rings is 1. The van der Waals surface area contributed by atoms with Crippen LogP contribution >= 0.6 is 0 Å². The topological polar surface area (TPSA) is 95.1 Å². The second kappa shape index (κ2) is 7.70. The fraction of sp³-hybridized carbons (Fsp3) is 0.421. The number of ether oxygens (including phenoxy) is 1. The van der Waals surface area contributed by atoms with Crippen molar-refractivity contribution in [1.82, 2.24) is 19.9 Å². The van der Waals surface area contributed by atoms with Gasteiger partial charge in [-0.05, 0) is 31.9 Å². The molecule has 3 aromatic rings. The Hall–Kier alpha value is -2.67. The first-order valence-corrected chi connectivity index (χ1v) is 8.91. The second-order valence-corrected chi connectivity index (χ2v) is 6.43. The van der Waals surface area contributed by atoms with Crippen molar-refractivity contribution < 1.29 is 9.53 Å². The van der Waals surface area contributed by atoms with Gasteiger partial charge in [-0.25, -0.2) is 9.97 Å². The number of amides is 1. The Kier molecular flexibility index (Phi) is 5.37. The molecule has 0 radical (unpaired) electrons. The van der Waals surface area contributed by atoms with Crippen molar-refractivity contribution in [2.24, 2.45) is 0 Å². The van der Waals surface area contributed by atoms with Gasteiger partial charge in [-0.3, -0.25) is 4.79 Å². The van der Waals surface area contributed by atoms with E-state index in [2.05, 4.69) is 10.3 Å². The molecule has 0 unspecified atom stereocenters. The first kappa shape index (κ1) is 18.1. The number of anilines is 1. The first-order valence-electron chi connectivity index (χ1n) is 8.91. The number of nitrogens with zero attached hydrogens (tertiary/aromatic N) is 3. The predicted octanol–water partition coefficient (Wildman–Crippen LogP) is 2.73. The van der Waals surface area contributed by atoms with Crippen molar-refractivity contribution in [2.75, 3.05) is 19.5 Å². The van der Waals surface area contributed by atoms with E-state index in [0.29, 0.717) is 35.7 Å². The second-order valence-electron chi connectivity index (χ2n) is 6.43. The third-order valence-corrected chi connectivity index (χ3v) is 4.54. The van der Waals surface area contributed by atoms with Gasteiger partial charge in [0.05, 0.1) is 11.0 Å². The van der Waals surface area contributed by atoms with Gasteiger partial charge < -0.3 is 20.4 Å². The van der Waals surface area contributed by atoms with Crippen LogP contribution in [0.25, 0.3) is 22.2 Å². The maximum Gasteiger partial charge on any atom is 0.257 e. The van der Waals surface area contributed by atoms with Crippen molar-refractivity contribution in [1.29, 1.82) is 0 Å². The number of aromatic nitrogens is 3. The number of carbonyl (C=O) groups is 1. The number of fused-ring (bicyclic) bond motifs is 2. The van der Waals surface area contributed by atoms with Crippen molar-refractivity contribution in [3.05, 3.63) is 29.8 Å². The molecule has 2 aromatic heterocycles. The minimum Gasteiger partial charge on any atom is -0.385 e. The summed E-state index contributed by atoms with van der Waals surface area (Å²) in [6.45, 7) is 5.21. The van der Waals surface area contributed by atoms with Gasteiger partial charge in [0.1, 0.15) is 16.9 Å². The Balaban J connectivity index is 2.16. The molecule has 1 atom stereocenters. The van der Waals surface area contributed by atoms with E-state index >= 15 is 0 Å². The number of hydrogen-bond acceptors (Lipinski definition) is 5. The maximum atomic E-state index is 12.8. The molecule has 138 valence electrons. The summed E-state index contributed by atoms with van der Waals surface area (Å²) in [7, 11) is 1.66. The monoisotopic (exact) mass is 355 g/mol. The molecular weight excluding hydrogens is 330 g/mol. The number of nitrogens with two attached hydrogens (primary N) is 1. The summed E-state index contributed by atoms with van der Waals surface area (Å²) in [4.78, 5) is 22.2. The zero-order chi connectivity index (χ0) is 18.7. The molecule has 0 aliphatic heterocycles. The lowest BCUT2D eigenvalue weighted by Crippen LogP contribution is -2.32. The van der Waals surface area contributed by atoms with E-state index < -0.39 is 0 Å². The molecule has 26 heavy (non-hydrogen) atoms. The van der Waals surface area contributed by atoms with Crippen LogP contribution in [-0.2, 0) is 11.3 Å². The summed E-state index contributed by atoms with van der Waals surface area (Å²) in [5, 5.41) is 2.98. The smallest absolute Gasteiger partial charge is 0.257 e. The first-order chi connectivity index (χ1) is 12.6. The molecule has 0 aliphatic rings. The molecule has 0 fully saturated rings. The Morgan fingerprint density at radius 2 is 2.00 bits per heavy atom. The van der Waals surface area contributed by atoms with Gasteiger partial charge in [-0.1, -0.05) is 19.1 Å². The highest BCUT2D eigenvalue weighted by Crippen LogP contribution is 2.28. The number of hydrogen-bond donors (Lipinski definition) is 2. The fourth-order valence-electron chi connectivity index (χ4n) is 2.93. The van der Waals surface area contributed by atoms with Gasteiger partial charge in [0, 0.05) is 26.3 Å². The minimum absolute atomic E-state index is 0.0576. The summed E-state index contributed by atoms with van der Waals surface area (Å²) in [6, 6.07) is 7.67. The summed E-state index contributed by atoms with van der Waals surface area (Å²) in [5.41, 5.74) is 9.45. The third-order valence-electron chi connectivity index (χ3n) is 4.54. The lowest BCUT2D eigenvalue weighted by atomic mass is 10.2. The van der Waals surface area contributed by atoms with E-state index in [1.54, 1.807) is 7.11 Å². The van der Waals surface area contributed by atoms with Crippen molar-refractivity contribution >= 4 is 33.9 Å². The minimum atomic E-state index is -0.211. The number of carbonyl (C=O) groups excluding carboxylic acids is 1. The Bertz CT molecular complexity index is 934. The lowest BCUT2D eigenvalue weighted by molar-refractivity contribution is 0.0941. The molecule has 0 saturated carbocycles. The highest BCUT2D eigenvalue weighted by Gasteiger charge is 2.24. The molecule has 3 N–H and O–H groups in total. The number of methoxy groups -OCH3 is 1. The van der Waals surface area contributed by atoms with Crippen LogP contribution in [0.15, 0.2) is 24.3 Å². The van der Waals surface area contributed by atoms with Crippen LogP contribution in [0.4, 0.5) is 5.82 Å². The molecule has 0 saturated heterocycles. The highest BCUT2D eigenvalue weighted by atomic mass is 16.5. The molecular formula is C19H25N5O2. The van der Waals surface area contributed by atoms with Crippen molar-refractivity contribution in [2.45, 2.75) is 39.3 Å². The van der Waals surface area contributed by atoms with Crippen molar-refractivity contribution in [3.8, 4) is 0 Å². The summed E-state index contributed by atoms with van der Waals surface area (Å²) in [5.74, 6) is 0.184. The number of para-hydroxylation sites is 2. The Labute approximate surface area is 152 Å². The average molecular weight is 355 g/mol. The predicted molar refractivity (Wildman–Crippen MR) is 103 cm³/mol. The molecule has 0 spiro atoms. The summed E-state index contributed by atoms with van der Waals surface area (Å²) in [6.07, 6.45) is 1.61. The standard InChI is InChI=1S/C19H25N5O2/c1-4-12(2)21-19(25)15-16-18(24(17(15)20)10-7-11-26-3)23-14-9-6-5-8-13(14)22-16/h5-6,8-9,12H,4,7,10-11,20H2,1-3H3,(H,21,25)/t12-/m1/s1. The van der Waals surface area contributed by atoms with Crippen LogP contribution in [0.3, 0.4) is 0 Å². The molecule has 1 amide bonds. The van der Waals surface area contributed by atoms with E-state index in [1.807, 2.05) is 42.7 Å². The van der Waals surface area contributed by atoms with Gasteiger partial charge >= 0.3 is 0 Å². The quantitative estimate of drug-likeness (QED) is 0.636. The van der Waals surface area contributed by atoms with Crippen LogP contribution in [0.2, 0.25) is 0 Å². The zero-order valence-corrected chi connectivity index (χ0v) is 15.5. The molecule has 7 nitrogen and oxygen atoms in total. The maximum absolute atomic E-state index is 12.8. The number of nitrogens with one attached hydrogen (secondary N) is 1. The van der Waals surface area contributed by atoms with E-state index in [-0.39, 0.29) is 11.9 Å². The summed E-state index contributed by atoms with van der Waals surface area (Å²) >= 11 is 0. The zero-order valence-electron chi connectivity index (χ0n) is 15.5. The van der Waals surface area contributed by atoms with Crippen LogP contribution in [0.1, 0.15) is 37.0 Å². The van der Waals surface area contributed by atoms with Crippen LogP contribution in [0.5, 0.6) is 0 Å². The number of aryl methyl sites for hydroxylation is 1. The molecule has 3 rings (SSSR count). The molecule has 0 bridgehead atoms. The van der Waals surface area contributed by atoms with E-state index in [0.717, 1.165) is 23.9 Å². The fourth-order valence-corrected chi connectivity index (χ4v) is 2.93. The normalized spacial score (nSPS) is 12.6. The van der Waals surface area contributed by atoms with E-state index in [9.17, 15) is 4.79 Å². The van der Waals surface area contributed by atoms with E-state index in [1.165, 1.54) is 0 Å². The SMILES string of the molecule is CC[C@@H](C)NC(=O)c1c(N)n(CCCOC)c2nc3ccccc3nc12. The van der Waals surface area contributed by atoms with Crippen LogP contribution in [-0.4, -0.2) is 40.2 Å². The van der Waals surface area contributed by atoms with Gasteiger partial charge in [0.2, 0.25) is 0 Å². The van der Waals surface area contributed by atoms with Gasteiger partial charge in [-0.2, -0.15) is 0 Å². The highest BCUT2D eigenvalue weighted by molar-refractivity contribution is 6.10. The van der Waals surface area contributed by atoms with Crippen molar-refractivity contribution in [3.63, 3.8) is 0 Å². The van der Waals surface area contributed by atoms with Crippen LogP contribution in [0, 0.1) is 0 Å². The van der Waals surface area contributed by atoms with Crippen LogP contribution < -0.4 is 11.1 Å². The van der Waals surface area contributed by atoms with E-state index in [4.69, 9.17) is 15.5 Å². The molecule has 2 heterocycles. The largest absolute Gasteiger partial charge is 0.385 e. The number of nitrogen functional groups attached to an aromatic ring is 1. The lowest BCUT2D eigenvalue weighted by Gasteiger charge is -2.11. The van der Waals surface area contributed by atoms with Gasteiger partial charge in [-0.15, -0.1) is 0 Å².